The number of carbonyl (C=O) groups excluding carboxylic acids is 2. The number of benzene rings is 1. The highest BCUT2D eigenvalue weighted by atomic mass is 32.2. The second-order valence-corrected chi connectivity index (χ2v) is 10.3. The van der Waals surface area contributed by atoms with Crippen molar-refractivity contribution in [2.75, 3.05) is 11.5 Å². The Bertz CT molecular complexity index is 785. The molecule has 2 aliphatic rings. The molecule has 0 bridgehead atoms. The van der Waals surface area contributed by atoms with Crippen LogP contribution in [0, 0.1) is 0 Å². The Morgan fingerprint density at radius 3 is 2.62 bits per heavy atom. The van der Waals surface area contributed by atoms with E-state index in [1.807, 2.05) is 72.9 Å². The summed E-state index contributed by atoms with van der Waals surface area (Å²) in [6.07, 6.45) is 11.3. The number of cyclic esters (lactones) is 1. The molecule has 29 heavy (non-hydrogen) atoms. The van der Waals surface area contributed by atoms with E-state index in [4.69, 9.17) is 4.74 Å². The van der Waals surface area contributed by atoms with Crippen LogP contribution in [0.5, 0.6) is 0 Å². The number of carbonyl (C=O) groups is 2. The topological polar surface area (TPSA) is 46.6 Å². The number of allylic oxidation sites excluding steroid dienone is 4. The van der Waals surface area contributed by atoms with Gasteiger partial charge in [0.2, 0.25) is 0 Å². The molecule has 6 heteroatoms. The minimum atomic E-state index is -0.578. The second kappa shape index (κ2) is 10.2. The largest absolute Gasteiger partial charge is 0.443 e. The van der Waals surface area contributed by atoms with Gasteiger partial charge in [0.1, 0.15) is 12.1 Å². The molecule has 4 nitrogen and oxygen atoms in total. The highest BCUT2D eigenvalue weighted by molar-refractivity contribution is 8.18. The summed E-state index contributed by atoms with van der Waals surface area (Å²) in [6, 6.07) is 9.16. The minimum Gasteiger partial charge on any atom is -0.443 e. The molecule has 0 spiro atoms. The average Bonchev–Trinajstić information content (AvgIpc) is 3.03. The SMILES string of the molecule is C=C/C=C/CC1(C/C=C/C(=O)N2C(=O)O[C@@H](C)[C@H]2c2ccccc2)SCCCS1. The van der Waals surface area contributed by atoms with Crippen molar-refractivity contribution in [3.8, 4) is 0 Å². The van der Waals surface area contributed by atoms with E-state index in [1.165, 1.54) is 17.4 Å². The summed E-state index contributed by atoms with van der Waals surface area (Å²) < 4.78 is 5.38. The van der Waals surface area contributed by atoms with Gasteiger partial charge in [0.15, 0.2) is 0 Å². The number of hydrogen-bond acceptors (Lipinski definition) is 5. The van der Waals surface area contributed by atoms with E-state index >= 15 is 0 Å². The fourth-order valence-corrected chi connectivity index (χ4v) is 6.79. The van der Waals surface area contributed by atoms with Crippen molar-refractivity contribution >= 4 is 35.5 Å². The second-order valence-electron chi connectivity index (χ2n) is 7.09. The van der Waals surface area contributed by atoms with E-state index in [2.05, 4.69) is 12.7 Å². The predicted octanol–water partition coefficient (Wildman–Crippen LogP) is 5.74. The lowest BCUT2D eigenvalue weighted by molar-refractivity contribution is -0.124. The summed E-state index contributed by atoms with van der Waals surface area (Å²) in [6.45, 7) is 5.55. The maximum atomic E-state index is 12.9. The molecule has 1 aromatic carbocycles. The number of hydrogen-bond donors (Lipinski definition) is 0. The van der Waals surface area contributed by atoms with Crippen molar-refractivity contribution < 1.29 is 14.3 Å². The molecule has 2 fully saturated rings. The third-order valence-electron chi connectivity index (χ3n) is 4.99. The van der Waals surface area contributed by atoms with Crippen LogP contribution in [-0.2, 0) is 9.53 Å². The minimum absolute atomic E-state index is 0.0339. The Hall–Kier alpha value is -1.92. The van der Waals surface area contributed by atoms with Gasteiger partial charge < -0.3 is 4.74 Å². The highest BCUT2D eigenvalue weighted by Crippen LogP contribution is 2.47. The van der Waals surface area contributed by atoms with Crippen LogP contribution < -0.4 is 0 Å². The first-order valence-electron chi connectivity index (χ1n) is 9.87. The van der Waals surface area contributed by atoms with Gasteiger partial charge in [-0.1, -0.05) is 61.2 Å². The van der Waals surface area contributed by atoms with Gasteiger partial charge in [-0.2, -0.15) is 0 Å². The van der Waals surface area contributed by atoms with Crippen LogP contribution in [0.1, 0.15) is 37.8 Å². The van der Waals surface area contributed by atoms with Crippen LogP contribution in [0.2, 0.25) is 0 Å². The molecule has 0 radical (unpaired) electrons. The van der Waals surface area contributed by atoms with Crippen LogP contribution in [0.15, 0.2) is 67.3 Å². The van der Waals surface area contributed by atoms with E-state index < -0.39 is 12.1 Å². The molecule has 1 aromatic rings. The Balaban J connectivity index is 1.71. The van der Waals surface area contributed by atoms with Gasteiger partial charge in [-0.3, -0.25) is 4.79 Å². The molecule has 0 aliphatic carbocycles. The quantitative estimate of drug-likeness (QED) is 0.408. The molecular formula is C23H27NO3S2. The van der Waals surface area contributed by atoms with Gasteiger partial charge in [-0.05, 0) is 49.3 Å². The molecule has 2 atom stereocenters. The predicted molar refractivity (Wildman–Crippen MR) is 122 cm³/mol. The lowest BCUT2D eigenvalue weighted by atomic mass is 10.0. The summed E-state index contributed by atoms with van der Waals surface area (Å²) in [5, 5.41) is 0. The van der Waals surface area contributed by atoms with Crippen LogP contribution in [-0.4, -0.2) is 38.6 Å². The third-order valence-corrected chi connectivity index (χ3v) is 8.41. The Kier molecular flexibility index (Phi) is 7.67. The monoisotopic (exact) mass is 429 g/mol. The molecule has 154 valence electrons. The number of thioether (sulfide) groups is 2. The summed E-state index contributed by atoms with van der Waals surface area (Å²) >= 11 is 3.91. The number of nitrogens with zero attached hydrogens (tertiary/aromatic N) is 1. The maximum absolute atomic E-state index is 12.9. The first-order chi connectivity index (χ1) is 14.1. The summed E-state index contributed by atoms with van der Waals surface area (Å²) in [5.41, 5.74) is 0.900. The number of ether oxygens (including phenoxy) is 1. The van der Waals surface area contributed by atoms with Gasteiger partial charge in [0.25, 0.3) is 5.91 Å². The van der Waals surface area contributed by atoms with Crippen LogP contribution in [0.25, 0.3) is 0 Å². The van der Waals surface area contributed by atoms with Crippen LogP contribution in [0.3, 0.4) is 0 Å². The van der Waals surface area contributed by atoms with Crippen molar-refractivity contribution in [2.24, 2.45) is 0 Å². The fraction of sp³-hybridized carbons (Fsp3) is 0.391. The van der Waals surface area contributed by atoms with Gasteiger partial charge in [0, 0.05) is 0 Å². The molecule has 2 heterocycles. The Morgan fingerprint density at radius 2 is 1.93 bits per heavy atom. The molecule has 0 aromatic heterocycles. The van der Waals surface area contributed by atoms with E-state index in [-0.39, 0.29) is 16.1 Å². The molecule has 0 unspecified atom stereocenters. The molecule has 0 N–H and O–H groups in total. The Morgan fingerprint density at radius 1 is 1.24 bits per heavy atom. The normalized spacial score (nSPS) is 24.2. The van der Waals surface area contributed by atoms with Crippen LogP contribution in [0.4, 0.5) is 4.79 Å². The first-order valence-corrected chi connectivity index (χ1v) is 11.8. The van der Waals surface area contributed by atoms with Crippen LogP contribution >= 0.6 is 23.5 Å². The lowest BCUT2D eigenvalue weighted by Crippen LogP contribution is -2.34. The van der Waals surface area contributed by atoms with E-state index in [1.54, 1.807) is 6.08 Å². The summed E-state index contributed by atoms with van der Waals surface area (Å²) in [4.78, 5) is 26.5. The van der Waals surface area contributed by atoms with Crippen molar-refractivity contribution in [1.29, 1.82) is 0 Å². The highest BCUT2D eigenvalue weighted by Gasteiger charge is 2.43. The zero-order valence-corrected chi connectivity index (χ0v) is 18.3. The molecule has 2 saturated heterocycles. The zero-order valence-electron chi connectivity index (χ0n) is 16.7. The van der Waals surface area contributed by atoms with E-state index in [0.29, 0.717) is 0 Å². The first kappa shape index (κ1) is 21.8. The molecule has 3 rings (SSSR count). The summed E-state index contributed by atoms with van der Waals surface area (Å²) in [5.74, 6) is 1.93. The molecular weight excluding hydrogens is 402 g/mol. The molecule has 0 saturated carbocycles. The van der Waals surface area contributed by atoms with Gasteiger partial charge in [-0.25, -0.2) is 9.69 Å². The van der Waals surface area contributed by atoms with Gasteiger partial charge in [0.05, 0.1) is 4.08 Å². The average molecular weight is 430 g/mol. The number of imide groups is 1. The standard InChI is InChI=1S/C23H27NO3S2/c1-3-4-8-14-23(28-16-10-17-29-23)15-9-13-20(25)24-21(18(2)27-22(24)26)19-11-6-5-7-12-19/h3-9,11-13,18,21H,1,10,14-17H2,2H3/b8-4+,13-9+/t18-,21-/m0/s1. The van der Waals surface area contributed by atoms with Crippen molar-refractivity contribution in [1.82, 2.24) is 4.90 Å². The lowest BCUT2D eigenvalue weighted by Gasteiger charge is -2.34. The van der Waals surface area contributed by atoms with Crippen molar-refractivity contribution in [3.05, 3.63) is 72.9 Å². The summed E-state index contributed by atoms with van der Waals surface area (Å²) in [7, 11) is 0. The smallest absolute Gasteiger partial charge is 0.417 e. The van der Waals surface area contributed by atoms with Crippen molar-refractivity contribution in [3.63, 3.8) is 0 Å². The number of amides is 2. The maximum Gasteiger partial charge on any atom is 0.417 e. The van der Waals surface area contributed by atoms with Gasteiger partial charge in [-0.15, -0.1) is 23.5 Å². The fourth-order valence-electron chi connectivity index (χ4n) is 3.60. The zero-order chi connectivity index (χ0) is 20.7. The number of rotatable bonds is 7. The van der Waals surface area contributed by atoms with Gasteiger partial charge >= 0.3 is 6.09 Å². The van der Waals surface area contributed by atoms with E-state index in [9.17, 15) is 9.59 Å². The third kappa shape index (κ3) is 5.37. The van der Waals surface area contributed by atoms with Crippen molar-refractivity contribution in [2.45, 2.75) is 42.4 Å². The Labute approximate surface area is 181 Å². The van der Waals surface area contributed by atoms with E-state index in [0.717, 1.165) is 29.9 Å². The molecule has 2 amide bonds. The molecule has 2 aliphatic heterocycles.